The number of hydrogen-bond donors (Lipinski definition) is 0. The van der Waals surface area contributed by atoms with Crippen molar-refractivity contribution in [3.8, 4) is 6.07 Å². The van der Waals surface area contributed by atoms with Crippen LogP contribution in [0.25, 0.3) is 0 Å². The van der Waals surface area contributed by atoms with Gasteiger partial charge in [-0.15, -0.1) is 0 Å². The zero-order chi connectivity index (χ0) is 12.0. The van der Waals surface area contributed by atoms with E-state index >= 15 is 0 Å². The Balaban J connectivity index is 4.62. The lowest BCUT2D eigenvalue weighted by Crippen LogP contribution is -2.30. The van der Waals surface area contributed by atoms with Gasteiger partial charge in [-0.2, -0.15) is 5.26 Å². The number of nitriles is 1. The molecule has 88 valence electrons. The average Bonchev–Trinajstić information content (AvgIpc) is 2.09. The van der Waals surface area contributed by atoms with E-state index in [0.29, 0.717) is 0 Å². The highest BCUT2D eigenvalue weighted by Gasteiger charge is 2.30. The fourth-order valence-electron chi connectivity index (χ4n) is 2.96. The van der Waals surface area contributed by atoms with Crippen LogP contribution in [0.4, 0.5) is 0 Å². The van der Waals surface area contributed by atoms with Crippen LogP contribution in [0.5, 0.6) is 0 Å². The molecule has 0 aliphatic heterocycles. The lowest BCUT2D eigenvalue weighted by atomic mass is 10.1. The maximum Gasteiger partial charge on any atom is 0.0621 e. The van der Waals surface area contributed by atoms with Crippen molar-refractivity contribution in [2.75, 3.05) is 0 Å². The van der Waals surface area contributed by atoms with Crippen molar-refractivity contribution in [2.24, 2.45) is 5.92 Å². The summed E-state index contributed by atoms with van der Waals surface area (Å²) in [6.07, 6.45) is 1.87. The fraction of sp³-hybridized carbons (Fsp3) is 0.923. The van der Waals surface area contributed by atoms with Crippen molar-refractivity contribution in [3.05, 3.63) is 0 Å². The molecule has 0 saturated heterocycles. The van der Waals surface area contributed by atoms with Crippen LogP contribution in [0.2, 0.25) is 16.6 Å². The van der Waals surface area contributed by atoms with Gasteiger partial charge in [-0.1, -0.05) is 52.6 Å². The molecule has 0 bridgehead atoms. The summed E-state index contributed by atoms with van der Waals surface area (Å²) >= 11 is 0. The van der Waals surface area contributed by atoms with Crippen molar-refractivity contribution in [1.29, 1.82) is 5.26 Å². The van der Waals surface area contributed by atoms with E-state index in [1.54, 1.807) is 0 Å². The van der Waals surface area contributed by atoms with Gasteiger partial charge in [0.15, 0.2) is 0 Å². The molecule has 1 nitrogen and oxygen atoms in total. The molecule has 0 aromatic rings. The molecule has 0 N–H and O–H groups in total. The summed E-state index contributed by atoms with van der Waals surface area (Å²) in [5, 5.41) is 8.72. The van der Waals surface area contributed by atoms with Crippen LogP contribution in [-0.4, -0.2) is 8.80 Å². The first-order valence-electron chi connectivity index (χ1n) is 6.28. The van der Waals surface area contributed by atoms with Gasteiger partial charge in [0.1, 0.15) is 0 Å². The Labute approximate surface area is 97.5 Å². The second-order valence-electron chi connectivity index (χ2n) is 5.67. The summed E-state index contributed by atoms with van der Waals surface area (Å²) in [5.74, 6) is 0.750. The highest BCUT2D eigenvalue weighted by atomic mass is 28.3. The Morgan fingerprint density at radius 3 is 1.73 bits per heavy atom. The molecule has 0 aromatic heterocycles. The summed E-state index contributed by atoms with van der Waals surface area (Å²) in [4.78, 5) is 0. The summed E-state index contributed by atoms with van der Waals surface area (Å²) in [6.45, 7) is 14.1. The minimum absolute atomic E-state index is 0.736. The smallest absolute Gasteiger partial charge is 0.0621 e. The Bertz CT molecular complexity index is 195. The molecule has 0 amide bonds. The number of nitrogens with zero attached hydrogens (tertiary/aromatic N) is 1. The van der Waals surface area contributed by atoms with Crippen LogP contribution in [0, 0.1) is 17.2 Å². The predicted octanol–water partition coefficient (Wildman–Crippen LogP) is 4.36. The second-order valence-corrected chi connectivity index (χ2v) is 10.3. The molecular formula is C13H27NSi. The molecular weight excluding hydrogens is 198 g/mol. The summed E-state index contributed by atoms with van der Waals surface area (Å²) in [7, 11) is -0.736. The van der Waals surface area contributed by atoms with Gasteiger partial charge < -0.3 is 0 Å². The minimum atomic E-state index is -0.736. The molecule has 2 heteroatoms. The van der Waals surface area contributed by atoms with E-state index in [1.807, 2.05) is 0 Å². The molecule has 0 fully saturated rings. The van der Waals surface area contributed by atoms with Crippen molar-refractivity contribution in [1.82, 2.24) is 0 Å². The van der Waals surface area contributed by atoms with E-state index < -0.39 is 8.80 Å². The standard InChI is InChI=1S/C13H27NSi/c1-10(2)13(8-7-9-14)15(11(3)4)12(5)6/h10-13,15H,7-8H2,1-6H3. The van der Waals surface area contributed by atoms with E-state index in [1.165, 1.54) is 0 Å². The van der Waals surface area contributed by atoms with Crippen LogP contribution >= 0.6 is 0 Å². The van der Waals surface area contributed by atoms with Gasteiger partial charge in [-0.05, 0) is 17.9 Å². The highest BCUT2D eigenvalue weighted by molar-refractivity contribution is 6.63. The zero-order valence-corrected chi connectivity index (χ0v) is 12.4. The third kappa shape index (κ3) is 4.84. The molecule has 0 spiro atoms. The molecule has 0 aliphatic carbocycles. The minimum Gasteiger partial charge on any atom is -0.198 e. The lowest BCUT2D eigenvalue weighted by Gasteiger charge is -2.34. The van der Waals surface area contributed by atoms with Crippen LogP contribution in [0.1, 0.15) is 54.4 Å². The van der Waals surface area contributed by atoms with Crippen LogP contribution in [-0.2, 0) is 0 Å². The van der Waals surface area contributed by atoms with Gasteiger partial charge in [0.2, 0.25) is 0 Å². The van der Waals surface area contributed by atoms with Crippen molar-refractivity contribution >= 4 is 8.80 Å². The van der Waals surface area contributed by atoms with Gasteiger partial charge in [0.25, 0.3) is 0 Å². The predicted molar refractivity (Wildman–Crippen MR) is 70.8 cm³/mol. The normalized spacial score (nSPS) is 13.9. The third-order valence-corrected chi connectivity index (χ3v) is 8.65. The van der Waals surface area contributed by atoms with E-state index in [-0.39, 0.29) is 0 Å². The quantitative estimate of drug-likeness (QED) is 0.616. The summed E-state index contributed by atoms with van der Waals surface area (Å²) in [5.41, 5.74) is 2.55. The molecule has 0 radical (unpaired) electrons. The zero-order valence-electron chi connectivity index (χ0n) is 11.2. The van der Waals surface area contributed by atoms with Gasteiger partial charge in [-0.3, -0.25) is 0 Å². The third-order valence-electron chi connectivity index (χ3n) is 3.48. The average molecular weight is 225 g/mol. The number of hydrogen-bond acceptors (Lipinski definition) is 1. The first-order chi connectivity index (χ1) is 6.91. The van der Waals surface area contributed by atoms with Gasteiger partial charge in [0.05, 0.1) is 6.07 Å². The summed E-state index contributed by atoms with van der Waals surface area (Å²) in [6, 6.07) is 2.31. The Kier molecular flexibility index (Phi) is 6.92. The molecule has 0 saturated carbocycles. The van der Waals surface area contributed by atoms with E-state index in [0.717, 1.165) is 35.4 Å². The van der Waals surface area contributed by atoms with E-state index in [2.05, 4.69) is 47.6 Å². The van der Waals surface area contributed by atoms with Crippen molar-refractivity contribution < 1.29 is 0 Å². The Hall–Kier alpha value is -0.293. The first kappa shape index (κ1) is 14.7. The second kappa shape index (κ2) is 7.06. The van der Waals surface area contributed by atoms with E-state index in [9.17, 15) is 0 Å². The lowest BCUT2D eigenvalue weighted by molar-refractivity contribution is 0.536. The largest absolute Gasteiger partial charge is 0.198 e. The molecule has 1 atom stereocenters. The molecule has 0 heterocycles. The maximum atomic E-state index is 8.72. The fourth-order valence-corrected chi connectivity index (χ4v) is 7.92. The van der Waals surface area contributed by atoms with Crippen LogP contribution in [0.15, 0.2) is 0 Å². The van der Waals surface area contributed by atoms with Crippen LogP contribution < -0.4 is 0 Å². The van der Waals surface area contributed by atoms with Crippen LogP contribution in [0.3, 0.4) is 0 Å². The molecule has 0 aliphatic rings. The molecule has 1 unspecified atom stereocenters. The molecule has 0 aromatic carbocycles. The Morgan fingerprint density at radius 1 is 1.00 bits per heavy atom. The van der Waals surface area contributed by atoms with Gasteiger partial charge in [0, 0.05) is 15.2 Å². The topological polar surface area (TPSA) is 23.8 Å². The van der Waals surface area contributed by atoms with Crippen molar-refractivity contribution in [2.45, 2.75) is 71.0 Å². The molecule has 15 heavy (non-hydrogen) atoms. The molecule has 0 rings (SSSR count). The SMILES string of the molecule is CC(C)C(CCC#N)[SiH](C(C)C)C(C)C. The van der Waals surface area contributed by atoms with Gasteiger partial charge >= 0.3 is 0 Å². The van der Waals surface area contributed by atoms with Gasteiger partial charge in [-0.25, -0.2) is 0 Å². The Morgan fingerprint density at radius 2 is 1.47 bits per heavy atom. The first-order valence-corrected chi connectivity index (χ1v) is 8.28. The number of rotatable bonds is 6. The highest BCUT2D eigenvalue weighted by Crippen LogP contribution is 2.38. The maximum absolute atomic E-state index is 8.72. The summed E-state index contributed by atoms with van der Waals surface area (Å²) < 4.78 is 0. The van der Waals surface area contributed by atoms with Crippen molar-refractivity contribution in [3.63, 3.8) is 0 Å². The monoisotopic (exact) mass is 225 g/mol. The van der Waals surface area contributed by atoms with E-state index in [4.69, 9.17) is 5.26 Å².